The highest BCUT2D eigenvalue weighted by Gasteiger charge is 2.24. The minimum Gasteiger partial charge on any atom is -0.307 e. The fourth-order valence-corrected chi connectivity index (χ4v) is 9.12. The molecule has 0 saturated carbocycles. The molecule has 0 aliphatic heterocycles. The van der Waals surface area contributed by atoms with E-state index in [0.717, 1.165) is 77.3 Å². The molecular weight excluding hydrogens is 755 g/mol. The number of benzene rings is 9. The second kappa shape index (κ2) is 14.7. The topological polar surface area (TPSA) is 48.5 Å². The van der Waals surface area contributed by atoms with Crippen molar-refractivity contribution < 1.29 is 0 Å². The molecule has 0 unspecified atom stereocenters. The maximum atomic E-state index is 5.42. The number of aromatic nitrogens is 5. The third-order valence-electron chi connectivity index (χ3n) is 12.0. The Bertz CT molecular complexity index is 3610. The van der Waals surface area contributed by atoms with Crippen molar-refractivity contribution in [3.63, 3.8) is 0 Å². The van der Waals surface area contributed by atoms with Crippen molar-refractivity contribution in [1.82, 2.24) is 24.1 Å². The van der Waals surface area contributed by atoms with E-state index in [0.29, 0.717) is 17.6 Å². The van der Waals surface area contributed by atoms with E-state index in [9.17, 15) is 0 Å². The van der Waals surface area contributed by atoms with Crippen LogP contribution in [0.3, 0.4) is 0 Å². The lowest BCUT2D eigenvalue weighted by Crippen LogP contribution is -2.07. The molecule has 12 aromatic rings. The molecule has 12 rings (SSSR count). The fourth-order valence-electron chi connectivity index (χ4n) is 9.12. The fraction of sp³-hybridized carbons (Fsp3) is 0. The van der Waals surface area contributed by atoms with Gasteiger partial charge in [-0.25, -0.2) is 4.98 Å². The highest BCUT2D eigenvalue weighted by Crippen LogP contribution is 2.43. The Hall–Kier alpha value is -8.41. The molecule has 0 fully saturated rings. The molecule has 0 aliphatic rings. The highest BCUT2D eigenvalue weighted by atomic mass is 15.2. The number of rotatable bonds is 7. The van der Waals surface area contributed by atoms with Crippen LogP contribution in [0.4, 0.5) is 0 Å². The van der Waals surface area contributed by atoms with Gasteiger partial charge in [-0.15, -0.1) is 0 Å². The van der Waals surface area contributed by atoms with Gasteiger partial charge >= 0.3 is 0 Å². The molecule has 62 heavy (non-hydrogen) atoms. The molecule has 0 atom stereocenters. The quantitative estimate of drug-likeness (QED) is 0.162. The van der Waals surface area contributed by atoms with Crippen LogP contribution in [-0.2, 0) is 0 Å². The molecule has 290 valence electrons. The molecule has 0 bridgehead atoms. The summed E-state index contributed by atoms with van der Waals surface area (Å²) in [6.07, 6.45) is 0. The highest BCUT2D eigenvalue weighted by molar-refractivity contribution is 6.24. The van der Waals surface area contributed by atoms with Gasteiger partial charge in [-0.1, -0.05) is 200 Å². The average molecular weight is 792 g/mol. The van der Waals surface area contributed by atoms with E-state index in [1.807, 2.05) is 24.3 Å². The lowest BCUT2D eigenvalue weighted by Gasteiger charge is -2.16. The van der Waals surface area contributed by atoms with E-state index in [-0.39, 0.29) is 0 Å². The zero-order valence-electron chi connectivity index (χ0n) is 33.6. The van der Waals surface area contributed by atoms with Crippen LogP contribution >= 0.6 is 0 Å². The smallest absolute Gasteiger partial charge is 0.238 e. The molecule has 0 radical (unpaired) electrons. The minimum atomic E-state index is 0.554. The summed E-state index contributed by atoms with van der Waals surface area (Å²) in [5, 5.41) is 4.59. The first kappa shape index (κ1) is 35.5. The van der Waals surface area contributed by atoms with Crippen molar-refractivity contribution in [2.45, 2.75) is 0 Å². The Labute approximate surface area is 358 Å². The molecule has 0 saturated heterocycles. The van der Waals surface area contributed by atoms with E-state index < -0.39 is 0 Å². The summed E-state index contributed by atoms with van der Waals surface area (Å²) in [6.45, 7) is 0. The summed E-state index contributed by atoms with van der Waals surface area (Å²) in [5.41, 5.74) is 14.1. The second-order valence-corrected chi connectivity index (χ2v) is 15.6. The molecule has 0 amide bonds. The molecular formula is C57H37N5. The molecule has 3 heterocycles. The Morgan fingerprint density at radius 3 is 1.39 bits per heavy atom. The van der Waals surface area contributed by atoms with Crippen LogP contribution in [-0.4, -0.2) is 24.1 Å². The molecule has 0 N–H and O–H groups in total. The zero-order valence-corrected chi connectivity index (χ0v) is 33.6. The summed E-state index contributed by atoms with van der Waals surface area (Å²) in [4.78, 5) is 16.0. The maximum Gasteiger partial charge on any atom is 0.238 e. The van der Waals surface area contributed by atoms with Gasteiger partial charge in [0.15, 0.2) is 11.6 Å². The van der Waals surface area contributed by atoms with Gasteiger partial charge in [-0.2, -0.15) is 9.97 Å². The summed E-state index contributed by atoms with van der Waals surface area (Å²) in [5.74, 6) is 1.76. The van der Waals surface area contributed by atoms with Crippen LogP contribution in [0.15, 0.2) is 224 Å². The van der Waals surface area contributed by atoms with E-state index in [1.54, 1.807) is 0 Å². The van der Waals surface area contributed by atoms with Crippen molar-refractivity contribution in [3.05, 3.63) is 224 Å². The van der Waals surface area contributed by atoms with Crippen LogP contribution in [0.25, 0.3) is 111 Å². The standard InChI is InChI=1S/C57H37N5/c1-4-17-38(18-5-1)39-31-33-40(34-32-39)43-23-16-24-44(37-43)56-58-55(42-21-8-3-9-22-42)59-57(60-56)62-52-30-15-12-27-47(52)49-36-35-48-46-26-11-14-29-51(46)61(53(48)54(49)62)50-28-13-10-25-45(50)41-19-6-2-7-20-41/h1-37H. The van der Waals surface area contributed by atoms with Gasteiger partial charge in [0.2, 0.25) is 5.95 Å². The Kier molecular flexibility index (Phi) is 8.42. The summed E-state index contributed by atoms with van der Waals surface area (Å²) < 4.78 is 4.70. The number of hydrogen-bond donors (Lipinski definition) is 0. The second-order valence-electron chi connectivity index (χ2n) is 15.6. The number of para-hydroxylation sites is 3. The van der Waals surface area contributed by atoms with Crippen molar-refractivity contribution in [3.8, 4) is 67.8 Å². The number of nitrogens with zero attached hydrogens (tertiary/aromatic N) is 5. The van der Waals surface area contributed by atoms with E-state index in [4.69, 9.17) is 15.0 Å². The van der Waals surface area contributed by atoms with Crippen LogP contribution in [0.2, 0.25) is 0 Å². The zero-order chi connectivity index (χ0) is 41.0. The molecule has 0 aliphatic carbocycles. The van der Waals surface area contributed by atoms with E-state index in [1.165, 1.54) is 16.5 Å². The normalized spacial score (nSPS) is 11.5. The molecule has 5 nitrogen and oxygen atoms in total. The molecule has 3 aromatic heterocycles. The molecule has 0 spiro atoms. The van der Waals surface area contributed by atoms with Gasteiger partial charge in [0.1, 0.15) is 0 Å². The number of hydrogen-bond acceptors (Lipinski definition) is 3. The van der Waals surface area contributed by atoms with E-state index >= 15 is 0 Å². The van der Waals surface area contributed by atoms with Crippen molar-refractivity contribution in [2.24, 2.45) is 0 Å². The van der Waals surface area contributed by atoms with Crippen LogP contribution in [0.1, 0.15) is 0 Å². The SMILES string of the molecule is c1ccc(-c2ccc(-c3cccc(-c4nc(-c5ccccc5)nc(-n5c6ccccc6c6ccc7c8ccccc8n(-c8ccccc8-c8ccccc8)c7c65)n4)c3)cc2)cc1. The summed E-state index contributed by atoms with van der Waals surface area (Å²) >= 11 is 0. The Morgan fingerprint density at radius 2 is 0.726 bits per heavy atom. The number of fused-ring (bicyclic) bond motifs is 7. The first-order valence-corrected chi connectivity index (χ1v) is 21.0. The minimum absolute atomic E-state index is 0.554. The Morgan fingerprint density at radius 1 is 0.274 bits per heavy atom. The van der Waals surface area contributed by atoms with Gasteiger partial charge < -0.3 is 4.57 Å². The summed E-state index contributed by atoms with van der Waals surface area (Å²) in [7, 11) is 0. The lowest BCUT2D eigenvalue weighted by molar-refractivity contribution is 0.953. The average Bonchev–Trinajstić information content (AvgIpc) is 3.88. The van der Waals surface area contributed by atoms with Crippen LogP contribution in [0.5, 0.6) is 0 Å². The van der Waals surface area contributed by atoms with Gasteiger partial charge in [0.05, 0.1) is 27.8 Å². The lowest BCUT2D eigenvalue weighted by atomic mass is 9.99. The van der Waals surface area contributed by atoms with Crippen molar-refractivity contribution in [1.29, 1.82) is 0 Å². The molecule has 5 heteroatoms. The Balaban J connectivity index is 1.13. The first-order valence-electron chi connectivity index (χ1n) is 21.0. The largest absolute Gasteiger partial charge is 0.307 e. The van der Waals surface area contributed by atoms with Crippen molar-refractivity contribution in [2.75, 3.05) is 0 Å². The van der Waals surface area contributed by atoms with Gasteiger partial charge in [-0.05, 0) is 52.1 Å². The van der Waals surface area contributed by atoms with E-state index in [2.05, 4.69) is 209 Å². The van der Waals surface area contributed by atoms with Gasteiger partial charge in [-0.3, -0.25) is 4.57 Å². The van der Waals surface area contributed by atoms with Gasteiger partial charge in [0.25, 0.3) is 0 Å². The molecule has 9 aromatic carbocycles. The monoisotopic (exact) mass is 791 g/mol. The van der Waals surface area contributed by atoms with Crippen molar-refractivity contribution >= 4 is 43.6 Å². The first-order chi connectivity index (χ1) is 30.8. The maximum absolute atomic E-state index is 5.42. The van der Waals surface area contributed by atoms with Crippen LogP contribution < -0.4 is 0 Å². The summed E-state index contributed by atoms with van der Waals surface area (Å²) in [6, 6.07) is 79.2. The predicted molar refractivity (Wildman–Crippen MR) is 256 cm³/mol. The predicted octanol–water partition coefficient (Wildman–Crippen LogP) is 14.4. The van der Waals surface area contributed by atoms with Crippen LogP contribution in [0, 0.1) is 0 Å². The van der Waals surface area contributed by atoms with Gasteiger partial charge in [0, 0.05) is 38.2 Å². The third kappa shape index (κ3) is 5.90. The third-order valence-corrected chi connectivity index (χ3v) is 12.0.